The van der Waals surface area contributed by atoms with Gasteiger partial charge in [-0.25, -0.2) is 5.01 Å². The van der Waals surface area contributed by atoms with Crippen molar-refractivity contribution in [2.24, 2.45) is 10.4 Å². The summed E-state index contributed by atoms with van der Waals surface area (Å²) < 4.78 is 5.06. The minimum absolute atomic E-state index is 0.286. The first-order chi connectivity index (χ1) is 7.85. The van der Waals surface area contributed by atoms with Crippen LogP contribution in [-0.2, 0) is 4.79 Å². The highest BCUT2D eigenvalue weighted by molar-refractivity contribution is 8.12. The summed E-state index contributed by atoms with van der Waals surface area (Å²) in [5.74, 6) is 0.771. The van der Waals surface area contributed by atoms with E-state index in [0.29, 0.717) is 0 Å². The molecule has 16 heavy (non-hydrogen) atoms. The first kappa shape index (κ1) is 10.7. The Kier molecular flexibility index (Phi) is 3.25. The van der Waals surface area contributed by atoms with Crippen LogP contribution in [0.15, 0.2) is 34.7 Å². The Bertz CT molecular complexity index is 395. The molecule has 0 aromatic heterocycles. The van der Waals surface area contributed by atoms with Gasteiger partial charge in [0.1, 0.15) is 5.75 Å². The van der Waals surface area contributed by atoms with E-state index in [0.717, 1.165) is 28.8 Å². The van der Waals surface area contributed by atoms with Gasteiger partial charge in [0.2, 0.25) is 0 Å². The van der Waals surface area contributed by atoms with E-state index in [4.69, 9.17) is 4.74 Å². The monoisotopic (exact) mass is 238 g/mol. The normalized spacial score (nSPS) is 18.3. The summed E-state index contributed by atoms with van der Waals surface area (Å²) in [4.78, 5) is 10.4. The molecule has 1 aliphatic rings. The van der Waals surface area contributed by atoms with Gasteiger partial charge in [-0.2, -0.15) is 0 Å². The zero-order valence-corrected chi connectivity index (χ0v) is 9.35. The molecule has 0 radical (unpaired) electrons. The highest BCUT2D eigenvalue weighted by atomic mass is 32.2. The molecule has 1 N–H and O–H groups in total. The van der Waals surface area contributed by atoms with Crippen molar-refractivity contribution >= 4 is 23.1 Å². The van der Waals surface area contributed by atoms with Gasteiger partial charge in [-0.3, -0.25) is 10.2 Å². The fourth-order valence-corrected chi connectivity index (χ4v) is 1.78. The molecule has 7 heteroatoms. The Morgan fingerprint density at radius 1 is 1.50 bits per heavy atom. The molecule has 1 atom stereocenters. The predicted octanol–water partition coefficient (Wildman–Crippen LogP) is 1.59. The number of anilines is 1. The number of methoxy groups -OCH3 is 1. The molecule has 6 nitrogen and oxygen atoms in total. The maximum atomic E-state index is 10.4. The molecular weight excluding hydrogens is 228 g/mol. The molecule has 0 amide bonds. The Morgan fingerprint density at radius 3 is 2.88 bits per heavy atom. The third-order valence-electron chi connectivity index (χ3n) is 2.05. The van der Waals surface area contributed by atoms with Crippen molar-refractivity contribution in [1.82, 2.24) is 5.43 Å². The number of carbonyl (C=O) groups is 1. The van der Waals surface area contributed by atoms with Gasteiger partial charge in [-0.1, -0.05) is 5.22 Å². The van der Waals surface area contributed by atoms with Crippen molar-refractivity contribution in [1.29, 1.82) is 0 Å². The van der Waals surface area contributed by atoms with Crippen LogP contribution < -0.4 is 15.2 Å². The molecule has 1 unspecified atom stereocenters. The lowest BCUT2D eigenvalue weighted by Crippen LogP contribution is -2.31. The van der Waals surface area contributed by atoms with Crippen LogP contribution in [0.25, 0.3) is 0 Å². The number of hydrogen-bond donors (Lipinski definition) is 1. The van der Waals surface area contributed by atoms with Crippen molar-refractivity contribution in [2.75, 3.05) is 12.1 Å². The molecular formula is C9H10N4O2S. The van der Waals surface area contributed by atoms with Gasteiger partial charge in [0.15, 0.2) is 11.1 Å². The maximum Gasteiger partial charge on any atom is 0.193 e. The molecule has 0 saturated carbocycles. The van der Waals surface area contributed by atoms with Crippen molar-refractivity contribution in [3.05, 3.63) is 24.3 Å². The largest absolute Gasteiger partial charge is 0.497 e. The summed E-state index contributed by atoms with van der Waals surface area (Å²) in [5, 5.41) is 9.19. The Labute approximate surface area is 96.6 Å². The molecule has 0 bridgehead atoms. The molecule has 0 aliphatic carbocycles. The number of rotatable bonds is 4. The van der Waals surface area contributed by atoms with Crippen LogP contribution in [0.1, 0.15) is 0 Å². The zero-order valence-electron chi connectivity index (χ0n) is 8.53. The maximum absolute atomic E-state index is 10.4. The Morgan fingerprint density at radius 2 is 2.25 bits per heavy atom. The summed E-state index contributed by atoms with van der Waals surface area (Å²) in [7, 11) is 1.61. The van der Waals surface area contributed by atoms with Gasteiger partial charge in [-0.05, 0) is 41.3 Å². The lowest BCUT2D eigenvalue weighted by atomic mass is 10.3. The minimum Gasteiger partial charge on any atom is -0.497 e. The topological polar surface area (TPSA) is 66.3 Å². The van der Waals surface area contributed by atoms with Gasteiger partial charge in [0, 0.05) is 0 Å². The van der Waals surface area contributed by atoms with Crippen molar-refractivity contribution in [3.8, 4) is 5.75 Å². The van der Waals surface area contributed by atoms with Gasteiger partial charge in [0.05, 0.1) is 12.8 Å². The molecule has 1 aromatic carbocycles. The number of hydrogen-bond acceptors (Lipinski definition) is 7. The van der Waals surface area contributed by atoms with Crippen LogP contribution >= 0.6 is 11.8 Å². The summed E-state index contributed by atoms with van der Waals surface area (Å²) >= 11 is 1.07. The number of nitrogens with zero attached hydrogens (tertiary/aromatic N) is 3. The fourth-order valence-electron chi connectivity index (χ4n) is 1.29. The first-order valence-corrected chi connectivity index (χ1v) is 5.48. The second-order valence-corrected chi connectivity index (χ2v) is 3.86. The molecule has 1 aromatic rings. The average molecular weight is 238 g/mol. The van der Waals surface area contributed by atoms with E-state index < -0.39 is 0 Å². The molecule has 1 heterocycles. The van der Waals surface area contributed by atoms with Crippen LogP contribution in [0.3, 0.4) is 0 Å². The second kappa shape index (κ2) is 4.84. The SMILES string of the molecule is COc1ccc(N2N=NNC2SC=O)cc1. The molecule has 0 fully saturated rings. The summed E-state index contributed by atoms with van der Waals surface area (Å²) in [6.07, 6.45) is 0. The smallest absolute Gasteiger partial charge is 0.193 e. The van der Waals surface area contributed by atoms with Crippen LogP contribution in [-0.4, -0.2) is 18.2 Å². The quantitative estimate of drug-likeness (QED) is 0.807. The van der Waals surface area contributed by atoms with E-state index >= 15 is 0 Å². The lowest BCUT2D eigenvalue weighted by molar-refractivity contribution is 0.415. The lowest BCUT2D eigenvalue weighted by Gasteiger charge is -2.18. The number of nitrogens with one attached hydrogen (secondary N) is 1. The van der Waals surface area contributed by atoms with E-state index in [-0.39, 0.29) is 5.50 Å². The standard InChI is InChI=1S/C9H10N4O2S/c1-15-8-4-2-7(3-5-8)13-9(16-6-14)10-11-12-13/h2-6,9H,1H3,(H,10,12). The van der Waals surface area contributed by atoms with E-state index in [9.17, 15) is 4.79 Å². The van der Waals surface area contributed by atoms with Gasteiger partial charge >= 0.3 is 0 Å². The summed E-state index contributed by atoms with van der Waals surface area (Å²) in [5.41, 5.74) is 4.03. The fraction of sp³-hybridized carbons (Fsp3) is 0.222. The number of ether oxygens (including phenoxy) is 1. The van der Waals surface area contributed by atoms with Crippen LogP contribution in [0, 0.1) is 0 Å². The average Bonchev–Trinajstić information content (AvgIpc) is 2.78. The molecule has 84 valence electrons. The number of thioether (sulfide) groups is 1. The Hall–Kier alpha value is -1.76. The predicted molar refractivity (Wildman–Crippen MR) is 61.6 cm³/mol. The van der Waals surface area contributed by atoms with E-state index in [1.807, 2.05) is 24.3 Å². The first-order valence-electron chi connectivity index (χ1n) is 4.53. The van der Waals surface area contributed by atoms with Crippen molar-refractivity contribution in [2.45, 2.75) is 5.50 Å². The van der Waals surface area contributed by atoms with Crippen molar-refractivity contribution in [3.63, 3.8) is 0 Å². The van der Waals surface area contributed by atoms with E-state index in [2.05, 4.69) is 15.9 Å². The Balaban J connectivity index is 2.15. The molecule has 1 aliphatic heterocycles. The number of carbonyl (C=O) groups excluding carboxylic acids is 1. The second-order valence-electron chi connectivity index (χ2n) is 2.95. The van der Waals surface area contributed by atoms with Crippen molar-refractivity contribution < 1.29 is 9.53 Å². The van der Waals surface area contributed by atoms with E-state index in [1.54, 1.807) is 12.1 Å². The van der Waals surface area contributed by atoms with Crippen LogP contribution in [0.2, 0.25) is 0 Å². The third-order valence-corrected chi connectivity index (χ3v) is 2.73. The highest BCUT2D eigenvalue weighted by Gasteiger charge is 2.23. The van der Waals surface area contributed by atoms with Gasteiger partial charge in [-0.15, -0.1) is 0 Å². The van der Waals surface area contributed by atoms with E-state index in [1.165, 1.54) is 0 Å². The summed E-state index contributed by atoms with van der Waals surface area (Å²) in [6.45, 7) is 0. The molecule has 2 rings (SSSR count). The number of benzene rings is 1. The van der Waals surface area contributed by atoms with Crippen LogP contribution in [0.4, 0.5) is 5.69 Å². The van der Waals surface area contributed by atoms with Gasteiger partial charge < -0.3 is 4.74 Å². The third kappa shape index (κ3) is 2.08. The zero-order chi connectivity index (χ0) is 11.4. The molecule has 0 spiro atoms. The summed E-state index contributed by atoms with van der Waals surface area (Å²) in [6, 6.07) is 7.35. The van der Waals surface area contributed by atoms with Crippen LogP contribution in [0.5, 0.6) is 5.75 Å². The molecule has 0 saturated heterocycles. The minimum atomic E-state index is -0.286. The van der Waals surface area contributed by atoms with Gasteiger partial charge in [0.25, 0.3) is 0 Å². The highest BCUT2D eigenvalue weighted by Crippen LogP contribution is 2.26.